The van der Waals surface area contributed by atoms with E-state index in [2.05, 4.69) is 0 Å². The van der Waals surface area contributed by atoms with E-state index < -0.39 is 0 Å². The molecule has 0 spiro atoms. The predicted octanol–water partition coefficient (Wildman–Crippen LogP) is 2.49. The number of hydrogen-bond donors (Lipinski definition) is 0. The zero-order valence-electron chi connectivity index (χ0n) is 9.37. The molecule has 0 N–H and O–H groups in total. The Morgan fingerprint density at radius 1 is 1.35 bits per heavy atom. The lowest BCUT2D eigenvalue weighted by atomic mass is 9.95. The highest BCUT2D eigenvalue weighted by Gasteiger charge is 2.29. The van der Waals surface area contributed by atoms with Gasteiger partial charge in [0.05, 0.1) is 18.8 Å². The maximum Gasteiger partial charge on any atom is 0.172 e. The molecule has 17 heavy (non-hydrogen) atoms. The fourth-order valence-corrected chi connectivity index (χ4v) is 2.65. The first-order valence-electron chi connectivity index (χ1n) is 5.83. The van der Waals surface area contributed by atoms with Gasteiger partial charge in [-0.1, -0.05) is 11.6 Å². The Morgan fingerprint density at radius 3 is 3.00 bits per heavy atom. The van der Waals surface area contributed by atoms with Crippen LogP contribution in [0.5, 0.6) is 5.75 Å². The van der Waals surface area contributed by atoms with Gasteiger partial charge in [0.2, 0.25) is 0 Å². The molecule has 3 nitrogen and oxygen atoms in total. The van der Waals surface area contributed by atoms with Crippen LogP contribution in [-0.4, -0.2) is 25.6 Å². The van der Waals surface area contributed by atoms with Gasteiger partial charge in [-0.2, -0.15) is 0 Å². The predicted molar refractivity (Wildman–Crippen MR) is 63.9 cm³/mol. The summed E-state index contributed by atoms with van der Waals surface area (Å²) in [7, 11) is 0. The Bertz CT molecular complexity index is 464. The zero-order valence-corrected chi connectivity index (χ0v) is 10.1. The first-order valence-corrected chi connectivity index (χ1v) is 6.20. The first-order chi connectivity index (χ1) is 8.25. The van der Waals surface area contributed by atoms with Gasteiger partial charge in [-0.3, -0.25) is 4.79 Å². The van der Waals surface area contributed by atoms with Gasteiger partial charge in [0.15, 0.2) is 5.78 Å². The highest BCUT2D eigenvalue weighted by atomic mass is 35.5. The summed E-state index contributed by atoms with van der Waals surface area (Å²) >= 11 is 6.04. The topological polar surface area (TPSA) is 35.5 Å². The Balaban J connectivity index is 1.99. The van der Waals surface area contributed by atoms with Crippen LogP contribution in [-0.2, 0) is 11.2 Å². The quantitative estimate of drug-likeness (QED) is 0.759. The van der Waals surface area contributed by atoms with Crippen molar-refractivity contribution in [2.75, 3.05) is 19.8 Å². The van der Waals surface area contributed by atoms with Crippen LogP contribution in [0, 0.1) is 5.92 Å². The number of benzene rings is 1. The third kappa shape index (κ3) is 1.94. The van der Waals surface area contributed by atoms with Crippen molar-refractivity contribution in [1.29, 1.82) is 0 Å². The van der Waals surface area contributed by atoms with Crippen molar-refractivity contribution in [2.24, 2.45) is 5.92 Å². The van der Waals surface area contributed by atoms with E-state index in [1.54, 1.807) is 6.07 Å². The maximum absolute atomic E-state index is 12.3. The minimum absolute atomic E-state index is 0.0400. The van der Waals surface area contributed by atoms with Crippen LogP contribution >= 0.6 is 11.6 Å². The van der Waals surface area contributed by atoms with E-state index in [9.17, 15) is 4.79 Å². The Labute approximate surface area is 105 Å². The van der Waals surface area contributed by atoms with Gasteiger partial charge in [-0.05, 0) is 24.1 Å². The lowest BCUT2D eigenvalue weighted by Gasteiger charge is -2.11. The molecule has 0 aromatic heterocycles. The molecule has 0 radical (unpaired) electrons. The molecule has 2 aliphatic rings. The summed E-state index contributed by atoms with van der Waals surface area (Å²) in [4.78, 5) is 12.3. The average Bonchev–Trinajstić information content (AvgIpc) is 2.97. The van der Waals surface area contributed by atoms with Gasteiger partial charge >= 0.3 is 0 Å². The highest BCUT2D eigenvalue weighted by molar-refractivity contribution is 6.31. The van der Waals surface area contributed by atoms with Gasteiger partial charge in [-0.15, -0.1) is 0 Å². The number of Topliss-reactive ketones (excluding diaryl/α,β-unsaturated/α-hetero) is 1. The molecule has 1 atom stereocenters. The van der Waals surface area contributed by atoms with E-state index in [1.165, 1.54) is 0 Å². The van der Waals surface area contributed by atoms with E-state index in [-0.39, 0.29) is 11.7 Å². The fourth-order valence-electron chi connectivity index (χ4n) is 2.41. The fraction of sp³-hybridized carbons (Fsp3) is 0.462. The summed E-state index contributed by atoms with van der Waals surface area (Å²) in [5.74, 6) is 0.788. The second-order valence-corrected chi connectivity index (χ2v) is 4.90. The molecule has 4 heteroatoms. The lowest BCUT2D eigenvalue weighted by Crippen LogP contribution is -2.15. The standard InChI is InChI=1S/C13H13ClO3/c14-10-5-8-2-4-17-13(8)11(6-10)12(15)9-1-3-16-7-9/h5-6,9H,1-4,7H2. The molecule has 0 aliphatic carbocycles. The van der Waals surface area contributed by atoms with Crippen LogP contribution in [0.25, 0.3) is 0 Å². The summed E-state index contributed by atoms with van der Waals surface area (Å²) in [5, 5.41) is 0.608. The Morgan fingerprint density at radius 2 is 2.24 bits per heavy atom. The van der Waals surface area contributed by atoms with Gasteiger partial charge in [0.1, 0.15) is 5.75 Å². The van der Waals surface area contributed by atoms with Crippen molar-refractivity contribution in [1.82, 2.24) is 0 Å². The second kappa shape index (κ2) is 4.31. The number of carbonyl (C=O) groups is 1. The molecule has 2 aliphatic heterocycles. The molecular weight excluding hydrogens is 240 g/mol. The summed E-state index contributed by atoms with van der Waals surface area (Å²) in [5.41, 5.74) is 1.67. The zero-order chi connectivity index (χ0) is 11.8. The molecular formula is C13H13ClO3. The van der Waals surface area contributed by atoms with Crippen LogP contribution < -0.4 is 4.74 Å². The Kier molecular flexibility index (Phi) is 2.81. The van der Waals surface area contributed by atoms with Crippen molar-refractivity contribution in [2.45, 2.75) is 12.8 Å². The highest BCUT2D eigenvalue weighted by Crippen LogP contribution is 2.35. The molecule has 3 rings (SSSR count). The van der Waals surface area contributed by atoms with E-state index in [4.69, 9.17) is 21.1 Å². The van der Waals surface area contributed by atoms with E-state index in [0.717, 1.165) is 24.2 Å². The number of ketones is 1. The number of fused-ring (bicyclic) bond motifs is 1. The van der Waals surface area contributed by atoms with Crippen molar-refractivity contribution in [3.05, 3.63) is 28.3 Å². The molecule has 1 unspecified atom stereocenters. The van der Waals surface area contributed by atoms with E-state index in [1.807, 2.05) is 6.07 Å². The SMILES string of the molecule is O=C(c1cc(Cl)cc2c1OCC2)C1CCOC1. The van der Waals surface area contributed by atoms with Crippen molar-refractivity contribution >= 4 is 17.4 Å². The summed E-state index contributed by atoms with van der Waals surface area (Å²) < 4.78 is 10.8. The lowest BCUT2D eigenvalue weighted by molar-refractivity contribution is 0.0897. The van der Waals surface area contributed by atoms with Crippen molar-refractivity contribution in [3.8, 4) is 5.75 Å². The number of carbonyl (C=O) groups excluding carboxylic acids is 1. The number of ether oxygens (including phenoxy) is 2. The van der Waals surface area contributed by atoms with E-state index in [0.29, 0.717) is 30.4 Å². The normalized spacial score (nSPS) is 22.3. The maximum atomic E-state index is 12.3. The van der Waals surface area contributed by atoms with Crippen LogP contribution in [0.2, 0.25) is 5.02 Å². The van der Waals surface area contributed by atoms with Gasteiger partial charge in [0.25, 0.3) is 0 Å². The summed E-state index contributed by atoms with van der Waals surface area (Å²) in [6, 6.07) is 3.60. The third-order valence-electron chi connectivity index (χ3n) is 3.31. The molecule has 90 valence electrons. The molecule has 0 saturated carbocycles. The molecule has 1 fully saturated rings. The van der Waals surface area contributed by atoms with Crippen LogP contribution in [0.4, 0.5) is 0 Å². The summed E-state index contributed by atoms with van der Waals surface area (Å²) in [6.07, 6.45) is 1.62. The van der Waals surface area contributed by atoms with Crippen LogP contribution in [0.1, 0.15) is 22.3 Å². The number of rotatable bonds is 2. The second-order valence-electron chi connectivity index (χ2n) is 4.46. The molecule has 2 heterocycles. The number of halogens is 1. The molecule has 0 bridgehead atoms. The van der Waals surface area contributed by atoms with Gasteiger partial charge in [-0.25, -0.2) is 0 Å². The molecule has 1 aromatic carbocycles. The molecule has 1 saturated heterocycles. The van der Waals surface area contributed by atoms with Crippen molar-refractivity contribution < 1.29 is 14.3 Å². The van der Waals surface area contributed by atoms with Crippen LogP contribution in [0.15, 0.2) is 12.1 Å². The van der Waals surface area contributed by atoms with Gasteiger partial charge < -0.3 is 9.47 Å². The van der Waals surface area contributed by atoms with Crippen LogP contribution in [0.3, 0.4) is 0 Å². The smallest absolute Gasteiger partial charge is 0.172 e. The largest absolute Gasteiger partial charge is 0.492 e. The minimum Gasteiger partial charge on any atom is -0.492 e. The van der Waals surface area contributed by atoms with E-state index >= 15 is 0 Å². The molecule has 0 amide bonds. The summed E-state index contributed by atoms with van der Waals surface area (Å²) in [6.45, 7) is 1.82. The monoisotopic (exact) mass is 252 g/mol. The third-order valence-corrected chi connectivity index (χ3v) is 3.53. The van der Waals surface area contributed by atoms with Crippen molar-refractivity contribution in [3.63, 3.8) is 0 Å². The Hall–Kier alpha value is -1.06. The minimum atomic E-state index is -0.0400. The molecule has 1 aromatic rings. The first kappa shape index (κ1) is 11.1. The van der Waals surface area contributed by atoms with Gasteiger partial charge in [0, 0.05) is 24.0 Å². The average molecular weight is 253 g/mol. The number of hydrogen-bond acceptors (Lipinski definition) is 3.